The first-order valence-corrected chi connectivity index (χ1v) is 12.6. The molecule has 1 aliphatic heterocycles. The fraction of sp³-hybridized carbons (Fsp3) is 0.290. The molecule has 6 heteroatoms. The number of nitrogens with zero attached hydrogens (tertiary/aromatic N) is 1. The third-order valence-corrected chi connectivity index (χ3v) is 7.00. The number of carbonyl (C=O) groups excluding carboxylic acids is 2. The standard InChI is InChI=1S/C31H31NO5/c1-32(2)19-18-26-13-12-25-20-27(14-15-28(25)31(26)36-29(33)16-17-30(34)37-31)35-21-22-8-10-24(11-9-22)23-6-4-3-5-7-23/h3-11,14-17,20,26H,12-13,18-19,21H2,1-2H3. The first kappa shape index (κ1) is 24.8. The lowest BCUT2D eigenvalue weighted by Crippen LogP contribution is -2.46. The van der Waals surface area contributed by atoms with E-state index in [0.717, 1.165) is 60.4 Å². The Morgan fingerprint density at radius 3 is 2.24 bits per heavy atom. The summed E-state index contributed by atoms with van der Waals surface area (Å²) in [5.74, 6) is -2.02. The lowest BCUT2D eigenvalue weighted by Gasteiger charge is -2.42. The van der Waals surface area contributed by atoms with E-state index in [4.69, 9.17) is 14.2 Å². The second kappa shape index (κ2) is 10.6. The summed E-state index contributed by atoms with van der Waals surface area (Å²) in [5, 5.41) is 0. The van der Waals surface area contributed by atoms with E-state index < -0.39 is 17.7 Å². The predicted octanol–water partition coefficient (Wildman–Crippen LogP) is 5.26. The highest BCUT2D eigenvalue weighted by atomic mass is 16.7. The molecule has 6 nitrogen and oxygen atoms in total. The van der Waals surface area contributed by atoms with Gasteiger partial charge in [0.1, 0.15) is 12.4 Å². The number of fused-ring (bicyclic) bond motifs is 2. The average Bonchev–Trinajstić information content (AvgIpc) is 3.05. The molecule has 0 fully saturated rings. The third kappa shape index (κ3) is 5.44. The number of aryl methyl sites for hydroxylation is 1. The minimum Gasteiger partial charge on any atom is -0.489 e. The lowest BCUT2D eigenvalue weighted by atomic mass is 9.76. The van der Waals surface area contributed by atoms with Crippen molar-refractivity contribution < 1.29 is 23.8 Å². The van der Waals surface area contributed by atoms with Crippen LogP contribution in [0.2, 0.25) is 0 Å². The van der Waals surface area contributed by atoms with Crippen molar-refractivity contribution in [2.75, 3.05) is 20.6 Å². The highest BCUT2D eigenvalue weighted by Gasteiger charge is 2.51. The van der Waals surface area contributed by atoms with Gasteiger partial charge >= 0.3 is 11.9 Å². The molecular formula is C31H31NO5. The average molecular weight is 498 g/mol. The van der Waals surface area contributed by atoms with E-state index in [0.29, 0.717) is 12.2 Å². The minimum absolute atomic E-state index is 0.148. The number of esters is 2. The number of benzene rings is 3. The summed E-state index contributed by atoms with van der Waals surface area (Å²) in [7, 11) is 3.99. The summed E-state index contributed by atoms with van der Waals surface area (Å²) in [6.07, 6.45) is 4.50. The van der Waals surface area contributed by atoms with E-state index in [-0.39, 0.29) is 5.92 Å². The molecule has 3 aromatic rings. The molecule has 1 atom stereocenters. The Labute approximate surface area is 217 Å². The zero-order chi connectivity index (χ0) is 25.8. The van der Waals surface area contributed by atoms with Crippen molar-refractivity contribution in [2.24, 2.45) is 5.92 Å². The first-order valence-electron chi connectivity index (χ1n) is 12.6. The van der Waals surface area contributed by atoms with Crippen LogP contribution in [-0.4, -0.2) is 37.5 Å². The number of hydrogen-bond acceptors (Lipinski definition) is 6. The van der Waals surface area contributed by atoms with E-state index in [9.17, 15) is 9.59 Å². The van der Waals surface area contributed by atoms with Crippen LogP contribution in [0.3, 0.4) is 0 Å². The quantitative estimate of drug-likeness (QED) is 0.415. The Kier molecular flexibility index (Phi) is 7.10. The van der Waals surface area contributed by atoms with Gasteiger partial charge in [-0.15, -0.1) is 0 Å². The van der Waals surface area contributed by atoms with Gasteiger partial charge in [0.05, 0.1) is 0 Å². The van der Waals surface area contributed by atoms with Crippen LogP contribution in [0, 0.1) is 5.92 Å². The Balaban J connectivity index is 1.36. The fourth-order valence-electron chi connectivity index (χ4n) is 5.09. The summed E-state index contributed by atoms with van der Waals surface area (Å²) in [6.45, 7) is 1.22. The summed E-state index contributed by atoms with van der Waals surface area (Å²) < 4.78 is 17.9. The molecule has 0 radical (unpaired) electrons. The van der Waals surface area contributed by atoms with Gasteiger partial charge in [0, 0.05) is 23.6 Å². The van der Waals surface area contributed by atoms with E-state index in [1.54, 1.807) is 0 Å². The third-order valence-electron chi connectivity index (χ3n) is 7.00. The van der Waals surface area contributed by atoms with Crippen molar-refractivity contribution >= 4 is 11.9 Å². The van der Waals surface area contributed by atoms with Gasteiger partial charge in [-0.3, -0.25) is 0 Å². The van der Waals surface area contributed by atoms with Crippen molar-refractivity contribution in [3.63, 3.8) is 0 Å². The van der Waals surface area contributed by atoms with Crippen molar-refractivity contribution in [3.8, 4) is 16.9 Å². The maximum absolute atomic E-state index is 12.5. The van der Waals surface area contributed by atoms with Gasteiger partial charge in [-0.05, 0) is 80.4 Å². The summed E-state index contributed by atoms with van der Waals surface area (Å²) >= 11 is 0. The zero-order valence-electron chi connectivity index (χ0n) is 21.2. The van der Waals surface area contributed by atoms with Gasteiger partial charge in [-0.1, -0.05) is 54.6 Å². The largest absolute Gasteiger partial charge is 0.489 e. The summed E-state index contributed by atoms with van der Waals surface area (Å²) in [4.78, 5) is 27.0. The maximum Gasteiger partial charge on any atom is 0.334 e. The highest BCUT2D eigenvalue weighted by molar-refractivity contribution is 5.93. The Morgan fingerprint density at radius 1 is 0.892 bits per heavy atom. The number of rotatable bonds is 7. The van der Waals surface area contributed by atoms with Gasteiger partial charge in [-0.25, -0.2) is 9.59 Å². The normalized spacial score (nSPS) is 18.2. The molecule has 1 unspecified atom stereocenters. The minimum atomic E-state index is -1.44. The fourth-order valence-corrected chi connectivity index (χ4v) is 5.09. The monoisotopic (exact) mass is 497 g/mol. The molecule has 0 amide bonds. The predicted molar refractivity (Wildman–Crippen MR) is 141 cm³/mol. The van der Waals surface area contributed by atoms with Crippen LogP contribution >= 0.6 is 0 Å². The highest BCUT2D eigenvalue weighted by Crippen LogP contribution is 2.47. The van der Waals surface area contributed by atoms with E-state index in [1.165, 1.54) is 5.56 Å². The first-order chi connectivity index (χ1) is 17.9. The van der Waals surface area contributed by atoms with Crippen molar-refractivity contribution in [2.45, 2.75) is 31.7 Å². The molecule has 0 saturated heterocycles. The molecule has 1 aliphatic carbocycles. The van der Waals surface area contributed by atoms with Gasteiger partial charge in [0.2, 0.25) is 0 Å². The van der Waals surface area contributed by atoms with Crippen molar-refractivity contribution in [1.29, 1.82) is 0 Å². The lowest BCUT2D eigenvalue weighted by molar-refractivity contribution is -0.252. The maximum atomic E-state index is 12.5. The second-order valence-corrected chi connectivity index (χ2v) is 9.84. The topological polar surface area (TPSA) is 65.1 Å². The van der Waals surface area contributed by atoms with Crippen LogP contribution < -0.4 is 4.74 Å². The molecule has 0 bridgehead atoms. The molecule has 5 rings (SSSR count). The smallest absolute Gasteiger partial charge is 0.334 e. The SMILES string of the molecule is CN(C)CCC1CCc2cc(OCc3ccc(-c4ccccc4)cc3)ccc2C12OC(=O)C=CC(=O)O2. The molecule has 1 spiro atoms. The molecule has 190 valence electrons. The number of carbonyl (C=O) groups is 2. The van der Waals surface area contributed by atoms with Crippen LogP contribution in [-0.2, 0) is 37.9 Å². The molecule has 0 N–H and O–H groups in total. The molecule has 1 heterocycles. The second-order valence-electron chi connectivity index (χ2n) is 9.84. The zero-order valence-corrected chi connectivity index (χ0v) is 21.2. The van der Waals surface area contributed by atoms with Crippen molar-refractivity contribution in [1.82, 2.24) is 4.90 Å². The van der Waals surface area contributed by atoms with Crippen molar-refractivity contribution in [3.05, 3.63) is 102 Å². The number of hydrogen-bond donors (Lipinski definition) is 0. The van der Waals surface area contributed by atoms with Gasteiger partial charge in [-0.2, -0.15) is 0 Å². The van der Waals surface area contributed by atoms with Gasteiger partial charge in [0.15, 0.2) is 0 Å². The van der Waals surface area contributed by atoms with Crippen LogP contribution in [0.5, 0.6) is 5.75 Å². The van der Waals surface area contributed by atoms with Crippen LogP contribution in [0.25, 0.3) is 11.1 Å². The molecular weight excluding hydrogens is 466 g/mol. The molecule has 37 heavy (non-hydrogen) atoms. The Bertz CT molecular complexity index is 1280. The van der Waals surface area contributed by atoms with E-state index in [1.807, 2.05) is 50.5 Å². The summed E-state index contributed by atoms with van der Waals surface area (Å²) in [6, 6.07) is 24.3. The van der Waals surface area contributed by atoms with E-state index in [2.05, 4.69) is 41.3 Å². The van der Waals surface area contributed by atoms with Gasteiger partial charge in [0.25, 0.3) is 5.79 Å². The van der Waals surface area contributed by atoms with Gasteiger partial charge < -0.3 is 19.1 Å². The summed E-state index contributed by atoms with van der Waals surface area (Å²) in [5.41, 5.74) is 5.08. The van der Waals surface area contributed by atoms with Crippen LogP contribution in [0.15, 0.2) is 84.9 Å². The Morgan fingerprint density at radius 2 is 1.57 bits per heavy atom. The molecule has 0 aromatic heterocycles. The molecule has 2 aliphatic rings. The van der Waals surface area contributed by atoms with Crippen LogP contribution in [0.1, 0.15) is 29.5 Å². The number of ether oxygens (including phenoxy) is 3. The Hall–Kier alpha value is -3.90. The van der Waals surface area contributed by atoms with E-state index >= 15 is 0 Å². The van der Waals surface area contributed by atoms with Crippen LogP contribution in [0.4, 0.5) is 0 Å². The molecule has 0 saturated carbocycles. The molecule has 3 aromatic carbocycles.